The van der Waals surface area contributed by atoms with Crippen molar-refractivity contribution in [3.63, 3.8) is 0 Å². The molecular formula is C4H6Hg. The second-order valence-corrected chi connectivity index (χ2v) is 8.23. The summed E-state index contributed by atoms with van der Waals surface area (Å²) in [5, 5.41) is 0. The van der Waals surface area contributed by atoms with Crippen LogP contribution in [0, 0.1) is 0 Å². The van der Waals surface area contributed by atoms with E-state index in [2.05, 4.69) is 9.66 Å². The van der Waals surface area contributed by atoms with Crippen LogP contribution in [0.2, 0.25) is 3.93 Å². The summed E-state index contributed by atoms with van der Waals surface area (Å²) >= 11 is -0.211. The van der Waals surface area contributed by atoms with Gasteiger partial charge in [0.25, 0.3) is 0 Å². The van der Waals surface area contributed by atoms with E-state index in [-0.39, 0.29) is 24.6 Å². The maximum absolute atomic E-state index is 2.46. The average molecular weight is 255 g/mol. The standard InChI is InChI=1S/C4H6.Hg/c1-3-4-2;/h1,3H,2,4H2;. The van der Waals surface area contributed by atoms with E-state index in [0.29, 0.717) is 0 Å². The fourth-order valence-electron chi connectivity index (χ4n) is 0.589. The van der Waals surface area contributed by atoms with Crippen molar-refractivity contribution in [3.8, 4) is 0 Å². The molecule has 1 heteroatoms. The Hall–Kier alpha value is 0.675. The van der Waals surface area contributed by atoms with Crippen molar-refractivity contribution in [1.29, 1.82) is 0 Å². The Kier molecular flexibility index (Phi) is 1.51. The van der Waals surface area contributed by atoms with E-state index < -0.39 is 0 Å². The first-order valence-electron chi connectivity index (χ1n) is 2.15. The van der Waals surface area contributed by atoms with Crippen molar-refractivity contribution in [1.82, 2.24) is 0 Å². The van der Waals surface area contributed by atoms with Gasteiger partial charge in [0, 0.05) is 0 Å². The summed E-state index contributed by atoms with van der Waals surface area (Å²) in [6, 6.07) is 0. The molecule has 0 atom stereocenters. The van der Waals surface area contributed by atoms with Gasteiger partial charge in [-0.3, -0.25) is 0 Å². The van der Waals surface area contributed by atoms with Gasteiger partial charge in [-0.1, -0.05) is 0 Å². The second kappa shape index (κ2) is 1.96. The molecule has 24 valence electrons. The van der Waals surface area contributed by atoms with Gasteiger partial charge in [0.2, 0.25) is 0 Å². The van der Waals surface area contributed by atoms with E-state index in [1.807, 2.05) is 0 Å². The van der Waals surface area contributed by atoms with Crippen molar-refractivity contribution in [2.24, 2.45) is 0 Å². The van der Waals surface area contributed by atoms with Crippen molar-refractivity contribution in [2.75, 3.05) is 0 Å². The summed E-state index contributed by atoms with van der Waals surface area (Å²) in [5.41, 5.74) is 0. The van der Waals surface area contributed by atoms with Gasteiger partial charge in [-0.2, -0.15) is 0 Å². The molecule has 0 unspecified atom stereocenters. The van der Waals surface area contributed by atoms with Crippen LogP contribution in [0.1, 0.15) is 6.42 Å². The van der Waals surface area contributed by atoms with Crippen LogP contribution in [0.5, 0.6) is 0 Å². The SMILES string of the molecule is C1=[CH][Hg][CH2]C1. The van der Waals surface area contributed by atoms with Gasteiger partial charge in [0.05, 0.1) is 0 Å². The van der Waals surface area contributed by atoms with Gasteiger partial charge in [-0.25, -0.2) is 0 Å². The molecule has 0 aromatic rings. The van der Waals surface area contributed by atoms with Crippen LogP contribution in [0.25, 0.3) is 0 Å². The summed E-state index contributed by atoms with van der Waals surface area (Å²) in [7, 11) is 0. The first-order valence-corrected chi connectivity index (χ1v) is 9.21. The van der Waals surface area contributed by atoms with Crippen molar-refractivity contribution < 1.29 is 24.6 Å². The molecule has 0 nitrogen and oxygen atoms in total. The van der Waals surface area contributed by atoms with Gasteiger partial charge < -0.3 is 0 Å². The Bertz CT molecular complexity index is 41.6. The van der Waals surface area contributed by atoms with Crippen LogP contribution in [0.3, 0.4) is 0 Å². The van der Waals surface area contributed by atoms with Crippen LogP contribution < -0.4 is 0 Å². The molecule has 1 rings (SSSR count). The van der Waals surface area contributed by atoms with Gasteiger partial charge in [-0.15, -0.1) is 0 Å². The van der Waals surface area contributed by atoms with E-state index in [4.69, 9.17) is 0 Å². The van der Waals surface area contributed by atoms with E-state index in [1.54, 1.807) is 3.93 Å². The summed E-state index contributed by atoms with van der Waals surface area (Å²) in [4.78, 5) is 0. The van der Waals surface area contributed by atoms with E-state index >= 15 is 0 Å². The zero-order valence-corrected chi connectivity index (χ0v) is 8.77. The topological polar surface area (TPSA) is 0 Å². The van der Waals surface area contributed by atoms with Crippen molar-refractivity contribution in [2.45, 2.75) is 10.4 Å². The molecule has 0 amide bonds. The molecule has 0 bridgehead atoms. The summed E-state index contributed by atoms with van der Waals surface area (Å²) in [6.07, 6.45) is 3.75. The predicted octanol–water partition coefficient (Wildman–Crippen LogP) is 1.40. The molecule has 1 aliphatic rings. The third-order valence-corrected chi connectivity index (χ3v) is 6.67. The number of hydrogen-bond donors (Lipinski definition) is 0. The van der Waals surface area contributed by atoms with Crippen molar-refractivity contribution >= 4 is 0 Å². The zero-order valence-electron chi connectivity index (χ0n) is 3.28. The second-order valence-electron chi connectivity index (χ2n) is 1.40. The van der Waals surface area contributed by atoms with Crippen LogP contribution in [-0.2, 0) is 24.6 Å². The average Bonchev–Trinajstić information content (AvgIpc) is 1.76. The molecule has 0 fully saturated rings. The Morgan fingerprint density at radius 3 is 2.80 bits per heavy atom. The minimum absolute atomic E-state index is 0.211. The third-order valence-electron chi connectivity index (χ3n) is 0.908. The van der Waals surface area contributed by atoms with Gasteiger partial charge in [-0.05, 0) is 0 Å². The molecule has 0 radical (unpaired) electrons. The molecule has 0 aliphatic carbocycles. The Labute approximate surface area is 44.7 Å². The van der Waals surface area contributed by atoms with Crippen LogP contribution in [0.15, 0.2) is 9.66 Å². The normalized spacial score (nSPS) is 17.6. The molecule has 0 aromatic carbocycles. The monoisotopic (exact) mass is 256 g/mol. The summed E-state index contributed by atoms with van der Waals surface area (Å²) in [5.74, 6) is 0. The molecule has 1 heterocycles. The molecule has 0 saturated heterocycles. The fourth-order valence-corrected chi connectivity index (χ4v) is 5.17. The van der Waals surface area contributed by atoms with E-state index in [1.165, 1.54) is 6.42 Å². The van der Waals surface area contributed by atoms with E-state index in [9.17, 15) is 0 Å². The first kappa shape index (κ1) is 3.85. The molecule has 0 spiro atoms. The number of rotatable bonds is 0. The number of hydrogen-bond acceptors (Lipinski definition) is 0. The van der Waals surface area contributed by atoms with Gasteiger partial charge in [0.15, 0.2) is 0 Å². The Morgan fingerprint density at radius 2 is 2.60 bits per heavy atom. The van der Waals surface area contributed by atoms with Gasteiger partial charge in [0.1, 0.15) is 0 Å². The van der Waals surface area contributed by atoms with Crippen LogP contribution in [0.4, 0.5) is 0 Å². The van der Waals surface area contributed by atoms with Crippen LogP contribution >= 0.6 is 0 Å². The fraction of sp³-hybridized carbons (Fsp3) is 0.500. The Morgan fingerprint density at radius 1 is 1.60 bits per heavy atom. The predicted molar refractivity (Wildman–Crippen MR) is 18.6 cm³/mol. The molecule has 0 aromatic heterocycles. The number of allylic oxidation sites excluding steroid dienone is 1. The van der Waals surface area contributed by atoms with E-state index in [0.717, 1.165) is 0 Å². The van der Waals surface area contributed by atoms with Gasteiger partial charge >= 0.3 is 44.6 Å². The van der Waals surface area contributed by atoms with Crippen LogP contribution in [-0.4, -0.2) is 0 Å². The first-order chi connectivity index (χ1) is 2.50. The molecule has 5 heavy (non-hydrogen) atoms. The van der Waals surface area contributed by atoms with Crippen molar-refractivity contribution in [3.05, 3.63) is 9.66 Å². The molecule has 0 saturated carbocycles. The summed E-state index contributed by atoms with van der Waals surface area (Å²) in [6.45, 7) is 0. The maximum atomic E-state index is 2.46. The minimum atomic E-state index is -0.211. The quantitative estimate of drug-likeness (QED) is 0.574. The molecular weight excluding hydrogens is 249 g/mol. The molecule has 0 N–H and O–H groups in total. The zero-order chi connectivity index (χ0) is 3.54. The molecule has 1 aliphatic heterocycles. The summed E-state index contributed by atoms with van der Waals surface area (Å²) < 4.78 is 4.07. The third kappa shape index (κ3) is 1.04. The Balaban J connectivity index is 2.32.